The molecule has 22 heavy (non-hydrogen) atoms. The van der Waals surface area contributed by atoms with Crippen molar-refractivity contribution >= 4 is 17.4 Å². The summed E-state index contributed by atoms with van der Waals surface area (Å²) in [5.74, 6) is 0.0826. The fraction of sp³-hybridized carbons (Fsp3) is 0.533. The van der Waals surface area contributed by atoms with Crippen LogP contribution in [-0.4, -0.2) is 40.2 Å². The number of hydrogen-bond acceptors (Lipinski definition) is 4. The van der Waals surface area contributed by atoms with Gasteiger partial charge < -0.3 is 15.3 Å². The van der Waals surface area contributed by atoms with Gasteiger partial charge in [-0.2, -0.15) is 0 Å². The quantitative estimate of drug-likeness (QED) is 0.662. The van der Waals surface area contributed by atoms with Gasteiger partial charge in [0.2, 0.25) is 0 Å². The predicted molar refractivity (Wildman–Crippen MR) is 82.9 cm³/mol. The number of anilines is 1. The summed E-state index contributed by atoms with van der Waals surface area (Å²) >= 11 is 0. The number of urea groups is 1. The van der Waals surface area contributed by atoms with Gasteiger partial charge in [-0.05, 0) is 38.8 Å². The molecule has 7 heteroatoms. The molecule has 0 aromatic heterocycles. The number of nitro groups is 1. The van der Waals surface area contributed by atoms with Crippen molar-refractivity contribution in [2.45, 2.75) is 33.3 Å². The number of nitrogens with one attached hydrogen (secondary N) is 1. The van der Waals surface area contributed by atoms with Crippen LogP contribution in [0.3, 0.4) is 0 Å². The van der Waals surface area contributed by atoms with Crippen molar-refractivity contribution in [1.82, 2.24) is 4.90 Å². The molecule has 2 atom stereocenters. The highest BCUT2D eigenvalue weighted by molar-refractivity contribution is 5.91. The van der Waals surface area contributed by atoms with E-state index in [1.165, 1.54) is 6.07 Å². The van der Waals surface area contributed by atoms with Crippen LogP contribution in [0.5, 0.6) is 0 Å². The number of aliphatic hydroxyl groups is 1. The molecule has 1 saturated heterocycles. The lowest BCUT2D eigenvalue weighted by Crippen LogP contribution is -2.34. The van der Waals surface area contributed by atoms with E-state index in [-0.39, 0.29) is 17.6 Å². The van der Waals surface area contributed by atoms with E-state index in [1.807, 2.05) is 0 Å². The van der Waals surface area contributed by atoms with E-state index in [1.54, 1.807) is 31.7 Å². The second kappa shape index (κ2) is 6.31. The summed E-state index contributed by atoms with van der Waals surface area (Å²) in [6, 6.07) is 2.80. The van der Waals surface area contributed by atoms with E-state index in [4.69, 9.17) is 0 Å². The number of likely N-dealkylation sites (tertiary alicyclic amines) is 1. The first-order chi connectivity index (χ1) is 10.3. The second-order valence-electron chi connectivity index (χ2n) is 5.88. The molecule has 0 radical (unpaired) electrons. The third-order valence-electron chi connectivity index (χ3n) is 4.18. The Bertz CT molecular complexity index is 601. The molecular formula is C15H21N3O4. The number of nitro benzene ring substituents is 1. The van der Waals surface area contributed by atoms with Crippen LogP contribution in [0.2, 0.25) is 0 Å². The summed E-state index contributed by atoms with van der Waals surface area (Å²) in [5, 5.41) is 23.3. The normalized spacial score (nSPS) is 19.1. The Morgan fingerprint density at radius 2 is 2.14 bits per heavy atom. The number of rotatable bonds is 3. The molecule has 1 aromatic carbocycles. The minimum Gasteiger partial charge on any atom is -0.393 e. The zero-order chi connectivity index (χ0) is 16.4. The molecule has 1 aromatic rings. The molecule has 0 bridgehead atoms. The van der Waals surface area contributed by atoms with Gasteiger partial charge in [-0.25, -0.2) is 4.79 Å². The van der Waals surface area contributed by atoms with E-state index in [0.717, 1.165) is 12.0 Å². The Hall–Kier alpha value is -2.15. The van der Waals surface area contributed by atoms with Gasteiger partial charge in [-0.15, -0.1) is 0 Å². The SMILES string of the molecule is Cc1cc(C)c([N+](=O)[O-])cc1NC(=O)N1CCC(C(C)O)C1. The number of benzene rings is 1. The van der Waals surface area contributed by atoms with Crippen molar-refractivity contribution in [3.63, 3.8) is 0 Å². The Labute approximate surface area is 129 Å². The minimum absolute atomic E-state index is 0.0100. The summed E-state index contributed by atoms with van der Waals surface area (Å²) < 4.78 is 0. The number of carbonyl (C=O) groups excluding carboxylic acids is 1. The number of hydrogen-bond donors (Lipinski definition) is 2. The first kappa shape index (κ1) is 16.2. The molecule has 2 N–H and O–H groups in total. The van der Waals surface area contributed by atoms with E-state index < -0.39 is 11.0 Å². The van der Waals surface area contributed by atoms with Gasteiger partial charge in [-0.1, -0.05) is 0 Å². The maximum atomic E-state index is 12.3. The van der Waals surface area contributed by atoms with Gasteiger partial charge >= 0.3 is 6.03 Å². The summed E-state index contributed by atoms with van der Waals surface area (Å²) in [7, 11) is 0. The molecule has 120 valence electrons. The van der Waals surface area contributed by atoms with Crippen LogP contribution in [0.15, 0.2) is 12.1 Å². The lowest BCUT2D eigenvalue weighted by atomic mass is 10.0. The van der Waals surface area contributed by atoms with Crippen LogP contribution in [0.4, 0.5) is 16.2 Å². The fourth-order valence-corrected chi connectivity index (χ4v) is 2.73. The van der Waals surface area contributed by atoms with E-state index in [2.05, 4.69) is 5.32 Å². The topological polar surface area (TPSA) is 95.7 Å². The third kappa shape index (κ3) is 3.36. The number of aliphatic hydroxyl groups excluding tert-OH is 1. The molecule has 2 rings (SSSR count). The van der Waals surface area contributed by atoms with Gasteiger partial charge in [-0.3, -0.25) is 10.1 Å². The van der Waals surface area contributed by atoms with Crippen molar-refractivity contribution in [2.24, 2.45) is 5.92 Å². The standard InChI is InChI=1S/C15H21N3O4/c1-9-6-10(2)14(18(21)22)7-13(9)16-15(20)17-5-4-12(8-17)11(3)19/h6-7,11-12,19H,4-5,8H2,1-3H3,(H,16,20). The second-order valence-corrected chi connectivity index (χ2v) is 5.88. The maximum absolute atomic E-state index is 12.3. The number of aryl methyl sites for hydroxylation is 2. The van der Waals surface area contributed by atoms with Gasteiger partial charge in [0.25, 0.3) is 5.69 Å². The number of amides is 2. The molecule has 0 aliphatic carbocycles. The third-order valence-corrected chi connectivity index (χ3v) is 4.18. The maximum Gasteiger partial charge on any atom is 0.321 e. The largest absolute Gasteiger partial charge is 0.393 e. The zero-order valence-electron chi connectivity index (χ0n) is 13.0. The average Bonchev–Trinajstić information content (AvgIpc) is 2.91. The lowest BCUT2D eigenvalue weighted by Gasteiger charge is -2.19. The van der Waals surface area contributed by atoms with Gasteiger partial charge in [0, 0.05) is 30.6 Å². The van der Waals surface area contributed by atoms with E-state index in [9.17, 15) is 20.0 Å². The molecule has 0 saturated carbocycles. The lowest BCUT2D eigenvalue weighted by molar-refractivity contribution is -0.385. The Morgan fingerprint density at radius 3 is 2.68 bits per heavy atom. The predicted octanol–water partition coefficient (Wildman–Crippen LogP) is 2.45. The fourth-order valence-electron chi connectivity index (χ4n) is 2.73. The van der Waals surface area contributed by atoms with Gasteiger partial charge in [0.15, 0.2) is 0 Å². The molecule has 1 heterocycles. The first-order valence-electron chi connectivity index (χ1n) is 7.29. The van der Waals surface area contributed by atoms with Crippen molar-refractivity contribution < 1.29 is 14.8 Å². The Morgan fingerprint density at radius 1 is 1.45 bits per heavy atom. The molecule has 7 nitrogen and oxygen atoms in total. The van der Waals surface area contributed by atoms with Crippen LogP contribution in [0.1, 0.15) is 24.5 Å². The monoisotopic (exact) mass is 307 g/mol. The smallest absolute Gasteiger partial charge is 0.321 e. The molecule has 1 fully saturated rings. The molecule has 0 spiro atoms. The highest BCUT2D eigenvalue weighted by Crippen LogP contribution is 2.27. The van der Waals surface area contributed by atoms with Crippen LogP contribution in [-0.2, 0) is 0 Å². The summed E-state index contributed by atoms with van der Waals surface area (Å²) in [4.78, 5) is 24.4. The van der Waals surface area contributed by atoms with E-state index >= 15 is 0 Å². The number of nitrogens with zero attached hydrogens (tertiary/aromatic N) is 2. The van der Waals surface area contributed by atoms with Gasteiger partial charge in [0.1, 0.15) is 0 Å². The van der Waals surface area contributed by atoms with Gasteiger partial charge in [0.05, 0.1) is 16.7 Å². The minimum atomic E-state index is -0.455. The molecule has 2 amide bonds. The van der Waals surface area contributed by atoms with Crippen molar-refractivity contribution in [2.75, 3.05) is 18.4 Å². The highest BCUT2D eigenvalue weighted by atomic mass is 16.6. The summed E-state index contributed by atoms with van der Waals surface area (Å²) in [6.45, 7) is 6.27. The van der Waals surface area contributed by atoms with Crippen molar-refractivity contribution in [3.05, 3.63) is 33.4 Å². The van der Waals surface area contributed by atoms with Crippen LogP contribution in [0, 0.1) is 29.9 Å². The first-order valence-corrected chi connectivity index (χ1v) is 7.29. The summed E-state index contributed by atoms with van der Waals surface area (Å²) in [5.41, 5.74) is 1.78. The van der Waals surface area contributed by atoms with Crippen LogP contribution >= 0.6 is 0 Å². The average molecular weight is 307 g/mol. The molecule has 1 aliphatic heterocycles. The Kier molecular flexibility index (Phi) is 4.65. The zero-order valence-corrected chi connectivity index (χ0v) is 13.0. The van der Waals surface area contributed by atoms with Crippen molar-refractivity contribution in [3.8, 4) is 0 Å². The Balaban J connectivity index is 2.12. The molecular weight excluding hydrogens is 286 g/mol. The van der Waals surface area contributed by atoms with Crippen molar-refractivity contribution in [1.29, 1.82) is 0 Å². The summed E-state index contributed by atoms with van der Waals surface area (Å²) in [6.07, 6.45) is 0.318. The highest BCUT2D eigenvalue weighted by Gasteiger charge is 2.29. The molecule has 2 unspecified atom stereocenters. The molecule has 1 aliphatic rings. The van der Waals surface area contributed by atoms with Crippen LogP contribution in [0.25, 0.3) is 0 Å². The number of carbonyl (C=O) groups is 1. The van der Waals surface area contributed by atoms with E-state index in [0.29, 0.717) is 24.3 Å². The van der Waals surface area contributed by atoms with Crippen LogP contribution < -0.4 is 5.32 Å².